The van der Waals surface area contributed by atoms with Gasteiger partial charge in [0.1, 0.15) is 5.75 Å². The lowest BCUT2D eigenvalue weighted by Crippen LogP contribution is -2.13. The number of ether oxygens (including phenoxy) is 1. The van der Waals surface area contributed by atoms with Crippen LogP contribution in [-0.2, 0) is 6.42 Å². The van der Waals surface area contributed by atoms with Crippen molar-refractivity contribution in [1.29, 1.82) is 0 Å². The van der Waals surface area contributed by atoms with Crippen LogP contribution in [0.25, 0.3) is 0 Å². The second-order valence-electron chi connectivity index (χ2n) is 3.96. The highest BCUT2D eigenvalue weighted by atomic mass is 16.5. The fraction of sp³-hybridized carbons (Fsp3) is 0.538. The summed E-state index contributed by atoms with van der Waals surface area (Å²) >= 11 is 0. The van der Waals surface area contributed by atoms with Gasteiger partial charge in [0, 0.05) is 6.04 Å². The largest absolute Gasteiger partial charge is 0.496 e. The van der Waals surface area contributed by atoms with Crippen LogP contribution >= 0.6 is 0 Å². The quantitative estimate of drug-likeness (QED) is 0.774. The fourth-order valence-corrected chi connectivity index (χ4v) is 1.81. The van der Waals surface area contributed by atoms with Crippen LogP contribution in [0.3, 0.4) is 0 Å². The Bertz CT molecular complexity index is 326. The van der Waals surface area contributed by atoms with E-state index in [9.17, 15) is 0 Å². The Morgan fingerprint density at radius 1 is 1.38 bits per heavy atom. The van der Waals surface area contributed by atoms with E-state index in [1.165, 1.54) is 11.1 Å². The lowest BCUT2D eigenvalue weighted by molar-refractivity contribution is 0.409. The molecule has 0 aliphatic rings. The Labute approximate surface area is 97.8 Å². The van der Waals surface area contributed by atoms with Gasteiger partial charge < -0.3 is 16.2 Å². The molecule has 0 radical (unpaired) electrons. The first-order valence-electron chi connectivity index (χ1n) is 5.85. The molecule has 0 bridgehead atoms. The topological polar surface area (TPSA) is 61.3 Å². The van der Waals surface area contributed by atoms with Crippen LogP contribution in [0.5, 0.6) is 5.75 Å². The third-order valence-electron chi connectivity index (χ3n) is 2.83. The standard InChI is InChI=1S/C13H22N2O/c1-3-10-9-11(6-7-13(10)16-2)12(15)5-4-8-14/h6-7,9,12H,3-5,8,14-15H2,1-2H3. The molecule has 16 heavy (non-hydrogen) atoms. The van der Waals surface area contributed by atoms with Gasteiger partial charge in [0.2, 0.25) is 0 Å². The molecule has 1 aromatic rings. The Hall–Kier alpha value is -1.06. The van der Waals surface area contributed by atoms with Crippen LogP contribution in [0.1, 0.15) is 36.9 Å². The highest BCUT2D eigenvalue weighted by Crippen LogP contribution is 2.24. The van der Waals surface area contributed by atoms with E-state index in [0.29, 0.717) is 6.54 Å². The van der Waals surface area contributed by atoms with Crippen LogP contribution in [0, 0.1) is 0 Å². The van der Waals surface area contributed by atoms with Gasteiger partial charge in [-0.1, -0.05) is 19.1 Å². The highest BCUT2D eigenvalue weighted by Gasteiger charge is 2.08. The summed E-state index contributed by atoms with van der Waals surface area (Å²) in [5, 5.41) is 0. The number of hydrogen-bond donors (Lipinski definition) is 2. The molecule has 0 spiro atoms. The number of aryl methyl sites for hydroxylation is 1. The van der Waals surface area contributed by atoms with Gasteiger partial charge in [-0.3, -0.25) is 0 Å². The Morgan fingerprint density at radius 2 is 2.12 bits per heavy atom. The maximum absolute atomic E-state index is 6.10. The summed E-state index contributed by atoms with van der Waals surface area (Å²) in [6, 6.07) is 6.26. The minimum atomic E-state index is 0.0831. The molecule has 0 saturated heterocycles. The maximum atomic E-state index is 6.10. The lowest BCUT2D eigenvalue weighted by Gasteiger charge is -2.14. The molecular weight excluding hydrogens is 200 g/mol. The van der Waals surface area contributed by atoms with E-state index in [-0.39, 0.29) is 6.04 Å². The summed E-state index contributed by atoms with van der Waals surface area (Å²) in [5.74, 6) is 0.942. The molecule has 0 saturated carbocycles. The van der Waals surface area contributed by atoms with Crippen LogP contribution in [0.15, 0.2) is 18.2 Å². The van der Waals surface area contributed by atoms with Crippen molar-refractivity contribution >= 4 is 0 Å². The van der Waals surface area contributed by atoms with Crippen molar-refractivity contribution in [3.8, 4) is 5.75 Å². The number of nitrogens with two attached hydrogens (primary N) is 2. The molecule has 0 amide bonds. The molecule has 1 unspecified atom stereocenters. The summed E-state index contributed by atoms with van der Waals surface area (Å²) in [4.78, 5) is 0. The van der Waals surface area contributed by atoms with E-state index < -0.39 is 0 Å². The van der Waals surface area contributed by atoms with E-state index in [0.717, 1.165) is 25.0 Å². The minimum Gasteiger partial charge on any atom is -0.496 e. The summed E-state index contributed by atoms with van der Waals surface area (Å²) in [7, 11) is 1.70. The van der Waals surface area contributed by atoms with Gasteiger partial charge in [-0.25, -0.2) is 0 Å². The third-order valence-corrected chi connectivity index (χ3v) is 2.83. The van der Waals surface area contributed by atoms with Crippen LogP contribution in [0.4, 0.5) is 0 Å². The number of benzene rings is 1. The van der Waals surface area contributed by atoms with Crippen molar-refractivity contribution in [3.05, 3.63) is 29.3 Å². The number of methoxy groups -OCH3 is 1. The molecule has 1 rings (SSSR count). The average molecular weight is 222 g/mol. The van der Waals surface area contributed by atoms with Gasteiger partial charge >= 0.3 is 0 Å². The van der Waals surface area contributed by atoms with E-state index in [1.54, 1.807) is 7.11 Å². The van der Waals surface area contributed by atoms with E-state index in [4.69, 9.17) is 16.2 Å². The third kappa shape index (κ3) is 3.22. The van der Waals surface area contributed by atoms with Gasteiger partial charge in [-0.2, -0.15) is 0 Å². The average Bonchev–Trinajstić information content (AvgIpc) is 2.34. The van der Waals surface area contributed by atoms with Gasteiger partial charge in [0.15, 0.2) is 0 Å². The Morgan fingerprint density at radius 3 is 2.69 bits per heavy atom. The van der Waals surface area contributed by atoms with E-state index in [2.05, 4.69) is 13.0 Å². The highest BCUT2D eigenvalue weighted by molar-refractivity contribution is 5.38. The summed E-state index contributed by atoms with van der Waals surface area (Å²) < 4.78 is 5.29. The van der Waals surface area contributed by atoms with Crippen molar-refractivity contribution in [2.75, 3.05) is 13.7 Å². The van der Waals surface area contributed by atoms with Crippen molar-refractivity contribution in [1.82, 2.24) is 0 Å². The van der Waals surface area contributed by atoms with Gasteiger partial charge in [-0.05, 0) is 43.0 Å². The SMILES string of the molecule is CCc1cc(C(N)CCCN)ccc1OC. The predicted molar refractivity (Wildman–Crippen MR) is 67.6 cm³/mol. The van der Waals surface area contributed by atoms with Crippen molar-refractivity contribution < 1.29 is 4.74 Å². The molecule has 0 aliphatic carbocycles. The zero-order chi connectivity index (χ0) is 12.0. The first-order valence-corrected chi connectivity index (χ1v) is 5.85. The predicted octanol–water partition coefficient (Wildman–Crippen LogP) is 2.00. The second-order valence-corrected chi connectivity index (χ2v) is 3.96. The minimum absolute atomic E-state index is 0.0831. The molecule has 0 aromatic heterocycles. The smallest absolute Gasteiger partial charge is 0.122 e. The zero-order valence-electron chi connectivity index (χ0n) is 10.2. The molecular formula is C13H22N2O. The van der Waals surface area contributed by atoms with E-state index >= 15 is 0 Å². The molecule has 3 heteroatoms. The molecule has 1 aromatic carbocycles. The van der Waals surface area contributed by atoms with Crippen LogP contribution in [-0.4, -0.2) is 13.7 Å². The second kappa shape index (κ2) is 6.51. The van der Waals surface area contributed by atoms with Crippen LogP contribution < -0.4 is 16.2 Å². The van der Waals surface area contributed by atoms with Gasteiger partial charge in [-0.15, -0.1) is 0 Å². The summed E-state index contributed by atoms with van der Waals surface area (Å²) in [6.07, 6.45) is 2.86. The maximum Gasteiger partial charge on any atom is 0.122 e. The van der Waals surface area contributed by atoms with E-state index in [1.807, 2.05) is 12.1 Å². The molecule has 3 nitrogen and oxygen atoms in total. The Balaban J connectivity index is 2.81. The molecule has 4 N–H and O–H groups in total. The van der Waals surface area contributed by atoms with Crippen molar-refractivity contribution in [3.63, 3.8) is 0 Å². The number of hydrogen-bond acceptors (Lipinski definition) is 3. The molecule has 0 heterocycles. The van der Waals surface area contributed by atoms with Gasteiger partial charge in [0.05, 0.1) is 7.11 Å². The molecule has 1 atom stereocenters. The monoisotopic (exact) mass is 222 g/mol. The summed E-state index contributed by atoms with van der Waals surface area (Å²) in [5.41, 5.74) is 14.0. The zero-order valence-corrected chi connectivity index (χ0v) is 10.2. The molecule has 0 aliphatic heterocycles. The van der Waals surface area contributed by atoms with Gasteiger partial charge in [0.25, 0.3) is 0 Å². The van der Waals surface area contributed by atoms with Crippen molar-refractivity contribution in [2.45, 2.75) is 32.2 Å². The first kappa shape index (κ1) is 13.0. The fourth-order valence-electron chi connectivity index (χ4n) is 1.81. The lowest BCUT2D eigenvalue weighted by atomic mass is 9.99. The van der Waals surface area contributed by atoms with Crippen LogP contribution in [0.2, 0.25) is 0 Å². The Kier molecular flexibility index (Phi) is 5.29. The number of rotatable bonds is 6. The van der Waals surface area contributed by atoms with Crippen molar-refractivity contribution in [2.24, 2.45) is 11.5 Å². The summed E-state index contributed by atoms with van der Waals surface area (Å²) in [6.45, 7) is 2.82. The molecule has 90 valence electrons. The first-order chi connectivity index (χ1) is 7.72. The molecule has 0 fully saturated rings. The normalized spacial score (nSPS) is 12.5.